The molecule has 0 N–H and O–H groups in total. The van der Waals surface area contributed by atoms with E-state index in [1.54, 1.807) is 11.3 Å². The zero-order valence-electron chi connectivity index (χ0n) is 13.6. The van der Waals surface area contributed by atoms with Crippen molar-refractivity contribution in [2.24, 2.45) is 0 Å². The number of nitrogens with zero attached hydrogens (tertiary/aromatic N) is 4. The van der Waals surface area contributed by atoms with Gasteiger partial charge in [0.1, 0.15) is 6.10 Å². The molecular weight excluding hydrogens is 324 g/mol. The van der Waals surface area contributed by atoms with Crippen LogP contribution >= 0.6 is 11.3 Å². The second-order valence-electron chi connectivity index (χ2n) is 5.94. The standard InChI is InChI=1S/C17H20N4O2S/c1-13(11-20-5-7-22-8-6-20)23-17-3-2-16-18-10-15(21(16)19-17)14-4-9-24-12-14/h2-4,9-10,12-13H,5-8,11H2,1H3. The molecule has 1 aliphatic heterocycles. The van der Waals surface area contributed by atoms with Gasteiger partial charge in [-0.2, -0.15) is 11.3 Å². The molecule has 1 unspecified atom stereocenters. The molecule has 0 aromatic carbocycles. The Kier molecular flexibility index (Phi) is 4.46. The Bertz CT molecular complexity index is 796. The average molecular weight is 344 g/mol. The van der Waals surface area contributed by atoms with Crippen molar-refractivity contribution in [2.75, 3.05) is 32.8 Å². The molecule has 126 valence electrons. The van der Waals surface area contributed by atoms with Crippen LogP contribution < -0.4 is 4.74 Å². The summed E-state index contributed by atoms with van der Waals surface area (Å²) in [6.07, 6.45) is 1.92. The summed E-state index contributed by atoms with van der Waals surface area (Å²) < 4.78 is 13.3. The highest BCUT2D eigenvalue weighted by Gasteiger charge is 2.16. The number of morpholine rings is 1. The molecule has 0 radical (unpaired) electrons. The van der Waals surface area contributed by atoms with Gasteiger partial charge < -0.3 is 9.47 Å². The van der Waals surface area contributed by atoms with Crippen LogP contribution in [0.25, 0.3) is 16.9 Å². The Hall–Kier alpha value is -1.96. The summed E-state index contributed by atoms with van der Waals surface area (Å²) in [5, 5.41) is 8.77. The number of aromatic nitrogens is 3. The molecule has 7 heteroatoms. The smallest absolute Gasteiger partial charge is 0.232 e. The molecule has 3 aromatic rings. The maximum absolute atomic E-state index is 6.03. The molecule has 0 amide bonds. The van der Waals surface area contributed by atoms with E-state index in [0.717, 1.165) is 49.8 Å². The third kappa shape index (κ3) is 3.28. The van der Waals surface area contributed by atoms with Gasteiger partial charge in [-0.05, 0) is 24.4 Å². The molecule has 0 saturated carbocycles. The number of hydrogen-bond donors (Lipinski definition) is 0. The highest BCUT2D eigenvalue weighted by molar-refractivity contribution is 7.08. The van der Waals surface area contributed by atoms with Crippen molar-refractivity contribution in [1.82, 2.24) is 19.5 Å². The molecule has 1 aliphatic rings. The first kappa shape index (κ1) is 15.6. The first-order valence-corrected chi connectivity index (χ1v) is 9.08. The van der Waals surface area contributed by atoms with Gasteiger partial charge in [-0.1, -0.05) is 0 Å². The first-order valence-electron chi connectivity index (χ1n) is 8.14. The van der Waals surface area contributed by atoms with Crippen molar-refractivity contribution in [3.8, 4) is 17.1 Å². The fraction of sp³-hybridized carbons (Fsp3) is 0.412. The van der Waals surface area contributed by atoms with E-state index in [1.807, 2.05) is 22.8 Å². The monoisotopic (exact) mass is 344 g/mol. The summed E-state index contributed by atoms with van der Waals surface area (Å²) in [5.74, 6) is 0.623. The number of thiophene rings is 1. The second kappa shape index (κ2) is 6.88. The molecule has 3 aromatic heterocycles. The van der Waals surface area contributed by atoms with E-state index in [9.17, 15) is 0 Å². The van der Waals surface area contributed by atoms with Gasteiger partial charge >= 0.3 is 0 Å². The Balaban J connectivity index is 1.50. The molecule has 4 heterocycles. The predicted octanol–water partition coefficient (Wildman–Crippen LogP) is 2.56. The minimum absolute atomic E-state index is 0.0705. The summed E-state index contributed by atoms with van der Waals surface area (Å²) in [5.41, 5.74) is 2.93. The average Bonchev–Trinajstić information content (AvgIpc) is 3.24. The van der Waals surface area contributed by atoms with Gasteiger partial charge in [0, 0.05) is 36.6 Å². The lowest BCUT2D eigenvalue weighted by Gasteiger charge is -2.28. The largest absolute Gasteiger partial charge is 0.472 e. The van der Waals surface area contributed by atoms with Crippen LogP contribution in [0, 0.1) is 0 Å². The molecule has 1 fully saturated rings. The lowest BCUT2D eigenvalue weighted by Crippen LogP contribution is -2.41. The number of ether oxygens (including phenoxy) is 2. The summed E-state index contributed by atoms with van der Waals surface area (Å²) in [6, 6.07) is 5.90. The zero-order chi connectivity index (χ0) is 16.4. The number of hydrogen-bond acceptors (Lipinski definition) is 6. The fourth-order valence-electron chi connectivity index (χ4n) is 2.92. The van der Waals surface area contributed by atoms with Crippen molar-refractivity contribution >= 4 is 17.0 Å². The SMILES string of the molecule is CC(CN1CCOCC1)Oc1ccc2ncc(-c3ccsc3)n2n1. The third-order valence-corrected chi connectivity index (χ3v) is 4.78. The normalized spacial score (nSPS) is 17.2. The van der Waals surface area contributed by atoms with Crippen LogP contribution in [0.3, 0.4) is 0 Å². The highest BCUT2D eigenvalue weighted by atomic mass is 32.1. The Morgan fingerprint density at radius 1 is 1.29 bits per heavy atom. The van der Waals surface area contributed by atoms with Crippen molar-refractivity contribution < 1.29 is 9.47 Å². The molecular formula is C17H20N4O2S. The molecule has 1 atom stereocenters. The van der Waals surface area contributed by atoms with E-state index in [2.05, 4.69) is 38.7 Å². The van der Waals surface area contributed by atoms with Crippen LogP contribution in [0.2, 0.25) is 0 Å². The van der Waals surface area contributed by atoms with Crippen LogP contribution in [0.4, 0.5) is 0 Å². The fourth-order valence-corrected chi connectivity index (χ4v) is 3.57. The molecule has 0 bridgehead atoms. The minimum atomic E-state index is 0.0705. The van der Waals surface area contributed by atoms with Gasteiger partial charge in [0.25, 0.3) is 0 Å². The van der Waals surface area contributed by atoms with Crippen LogP contribution in [0.5, 0.6) is 5.88 Å². The highest BCUT2D eigenvalue weighted by Crippen LogP contribution is 2.23. The van der Waals surface area contributed by atoms with Crippen LogP contribution in [-0.2, 0) is 4.74 Å². The Morgan fingerprint density at radius 3 is 2.96 bits per heavy atom. The lowest BCUT2D eigenvalue weighted by atomic mass is 10.3. The predicted molar refractivity (Wildman–Crippen MR) is 93.6 cm³/mol. The van der Waals surface area contributed by atoms with E-state index in [-0.39, 0.29) is 6.10 Å². The molecule has 6 nitrogen and oxygen atoms in total. The topological polar surface area (TPSA) is 51.9 Å². The summed E-state index contributed by atoms with van der Waals surface area (Å²) in [4.78, 5) is 6.78. The van der Waals surface area contributed by atoms with E-state index in [4.69, 9.17) is 9.47 Å². The quantitative estimate of drug-likeness (QED) is 0.712. The minimum Gasteiger partial charge on any atom is -0.472 e. The molecule has 24 heavy (non-hydrogen) atoms. The lowest BCUT2D eigenvalue weighted by molar-refractivity contribution is 0.0211. The van der Waals surface area contributed by atoms with Gasteiger partial charge in [-0.15, -0.1) is 5.10 Å². The summed E-state index contributed by atoms with van der Waals surface area (Å²) in [6.45, 7) is 6.49. The molecule has 0 spiro atoms. The number of rotatable bonds is 5. The summed E-state index contributed by atoms with van der Waals surface area (Å²) >= 11 is 1.66. The van der Waals surface area contributed by atoms with Crippen LogP contribution in [0.1, 0.15) is 6.92 Å². The van der Waals surface area contributed by atoms with Gasteiger partial charge in [0.05, 0.1) is 25.1 Å². The maximum atomic E-state index is 6.03. The number of imidazole rings is 1. The van der Waals surface area contributed by atoms with Gasteiger partial charge in [0.2, 0.25) is 5.88 Å². The van der Waals surface area contributed by atoms with E-state index < -0.39 is 0 Å². The van der Waals surface area contributed by atoms with Crippen molar-refractivity contribution in [2.45, 2.75) is 13.0 Å². The molecule has 1 saturated heterocycles. The summed E-state index contributed by atoms with van der Waals surface area (Å²) in [7, 11) is 0. The van der Waals surface area contributed by atoms with E-state index in [0.29, 0.717) is 5.88 Å². The third-order valence-electron chi connectivity index (χ3n) is 4.10. The van der Waals surface area contributed by atoms with Gasteiger partial charge in [-0.25, -0.2) is 9.50 Å². The van der Waals surface area contributed by atoms with Crippen molar-refractivity contribution in [3.05, 3.63) is 35.2 Å². The van der Waals surface area contributed by atoms with Crippen molar-refractivity contribution in [3.63, 3.8) is 0 Å². The Morgan fingerprint density at radius 2 is 2.17 bits per heavy atom. The van der Waals surface area contributed by atoms with Gasteiger partial charge in [0.15, 0.2) is 5.65 Å². The molecule has 0 aliphatic carbocycles. The van der Waals surface area contributed by atoms with Crippen LogP contribution in [0.15, 0.2) is 35.2 Å². The van der Waals surface area contributed by atoms with Crippen molar-refractivity contribution in [1.29, 1.82) is 0 Å². The van der Waals surface area contributed by atoms with E-state index >= 15 is 0 Å². The van der Waals surface area contributed by atoms with Crippen LogP contribution in [-0.4, -0.2) is 58.4 Å². The maximum Gasteiger partial charge on any atom is 0.232 e. The Labute approximate surface area is 144 Å². The zero-order valence-corrected chi connectivity index (χ0v) is 14.4. The first-order chi connectivity index (χ1) is 11.8. The van der Waals surface area contributed by atoms with Gasteiger partial charge in [-0.3, -0.25) is 4.90 Å². The second-order valence-corrected chi connectivity index (χ2v) is 6.72. The molecule has 4 rings (SSSR count). The number of fused-ring (bicyclic) bond motifs is 1. The van der Waals surface area contributed by atoms with E-state index in [1.165, 1.54) is 0 Å².